The van der Waals surface area contributed by atoms with Gasteiger partial charge in [0, 0.05) is 12.0 Å². The third kappa shape index (κ3) is 3.60. The summed E-state index contributed by atoms with van der Waals surface area (Å²) >= 11 is 0. The zero-order valence-electron chi connectivity index (χ0n) is 21.1. The molecule has 208 valence electrons. The lowest BCUT2D eigenvalue weighted by atomic mass is 9.55. The summed E-state index contributed by atoms with van der Waals surface area (Å²) < 4.78 is 28.1. The molecule has 2 aromatic carbocycles. The molecule has 3 aliphatic rings. The predicted molar refractivity (Wildman–Crippen MR) is 136 cm³/mol. The van der Waals surface area contributed by atoms with Crippen molar-refractivity contribution in [1.82, 2.24) is 4.90 Å². The number of ketones is 2. The zero-order valence-corrected chi connectivity index (χ0v) is 21.1. The van der Waals surface area contributed by atoms with Gasteiger partial charge in [0.05, 0.1) is 29.2 Å². The van der Waals surface area contributed by atoms with Gasteiger partial charge in [-0.3, -0.25) is 19.3 Å². The lowest BCUT2D eigenvalue weighted by Gasteiger charge is -2.53. The van der Waals surface area contributed by atoms with Crippen molar-refractivity contribution < 1.29 is 48.7 Å². The van der Waals surface area contributed by atoms with E-state index < -0.39 is 87.1 Å². The maximum Gasteiger partial charge on any atom is 0.255 e. The number of nitrogens with two attached hydrogens (primary N) is 1. The van der Waals surface area contributed by atoms with E-state index in [9.17, 15) is 48.7 Å². The Morgan fingerprint density at radius 2 is 1.70 bits per heavy atom. The van der Waals surface area contributed by atoms with Gasteiger partial charge in [-0.1, -0.05) is 18.2 Å². The number of carbonyl (C=O) groups excluding carboxylic acids is 3. The Morgan fingerprint density at radius 1 is 1.07 bits per heavy atom. The van der Waals surface area contributed by atoms with Crippen molar-refractivity contribution in [3.05, 3.63) is 81.6 Å². The van der Waals surface area contributed by atoms with Gasteiger partial charge in [-0.2, -0.15) is 0 Å². The summed E-state index contributed by atoms with van der Waals surface area (Å²) in [5, 5.41) is 56.3. The standard InChI is InChI=1S/C28H24F2N2O8/c1-32(2)21-20-23(35)17-14(8-10-6-11(29)9-12(30)7-10)13-4-3-5-15(33)16(13)22(34)18(17)25(37)28(20,40)26(38)19(24(21)36)27(31)39/h3-9,17,20-21,23,33-35,38,40H,1-2H3,(H2,31,39)/b14-8+. The quantitative estimate of drug-likeness (QED) is 0.304. The zero-order chi connectivity index (χ0) is 29.4. The Labute approximate surface area is 225 Å². The largest absolute Gasteiger partial charge is 0.508 e. The van der Waals surface area contributed by atoms with E-state index in [-0.39, 0.29) is 22.3 Å². The number of aliphatic hydroxyl groups is 4. The summed E-state index contributed by atoms with van der Waals surface area (Å²) in [4.78, 5) is 40.7. The van der Waals surface area contributed by atoms with Crippen LogP contribution in [0.15, 0.2) is 53.3 Å². The van der Waals surface area contributed by atoms with Crippen LogP contribution in [0.2, 0.25) is 0 Å². The molecule has 3 aliphatic carbocycles. The summed E-state index contributed by atoms with van der Waals surface area (Å²) in [7, 11) is 2.76. The molecule has 0 spiro atoms. The monoisotopic (exact) mass is 554 g/mol. The van der Waals surface area contributed by atoms with Crippen LogP contribution >= 0.6 is 0 Å². The molecule has 5 atom stereocenters. The molecule has 1 fully saturated rings. The van der Waals surface area contributed by atoms with Crippen LogP contribution < -0.4 is 5.73 Å². The number of aromatic hydroxyl groups is 1. The first kappa shape index (κ1) is 27.2. The Hall–Kier alpha value is -4.39. The average Bonchev–Trinajstić information content (AvgIpc) is 2.84. The fourth-order valence-corrected chi connectivity index (χ4v) is 6.15. The molecule has 10 nitrogen and oxygen atoms in total. The summed E-state index contributed by atoms with van der Waals surface area (Å²) in [6.45, 7) is 0. The second kappa shape index (κ2) is 9.08. The van der Waals surface area contributed by atoms with Gasteiger partial charge in [0.15, 0.2) is 11.4 Å². The van der Waals surface area contributed by atoms with E-state index in [1.54, 1.807) is 0 Å². The number of fused-ring (bicyclic) bond motifs is 3. The van der Waals surface area contributed by atoms with Crippen LogP contribution in [0.1, 0.15) is 16.7 Å². The molecule has 0 saturated heterocycles. The predicted octanol–water partition coefficient (Wildman–Crippen LogP) is 1.21. The molecule has 1 saturated carbocycles. The summed E-state index contributed by atoms with van der Waals surface area (Å²) in [6, 6.07) is 5.07. The smallest absolute Gasteiger partial charge is 0.255 e. The van der Waals surface area contributed by atoms with Crippen molar-refractivity contribution in [2.24, 2.45) is 17.6 Å². The van der Waals surface area contributed by atoms with Gasteiger partial charge in [-0.25, -0.2) is 8.78 Å². The van der Waals surface area contributed by atoms with E-state index in [1.165, 1.54) is 43.3 Å². The van der Waals surface area contributed by atoms with E-state index in [1.807, 2.05) is 0 Å². The highest BCUT2D eigenvalue weighted by Gasteiger charge is 2.68. The minimum atomic E-state index is -3.09. The number of primary amides is 1. The first-order valence-corrected chi connectivity index (χ1v) is 12.0. The minimum Gasteiger partial charge on any atom is -0.508 e. The Kier molecular flexibility index (Phi) is 6.17. The van der Waals surface area contributed by atoms with Crippen molar-refractivity contribution in [2.45, 2.75) is 17.7 Å². The molecule has 5 unspecified atom stereocenters. The van der Waals surface area contributed by atoms with Crippen LogP contribution in [-0.2, 0) is 14.4 Å². The number of carbonyl (C=O) groups is 3. The van der Waals surface area contributed by atoms with Gasteiger partial charge in [0.25, 0.3) is 5.91 Å². The SMILES string of the molecule is CN(C)C1C(=O)C(C(N)=O)=C(O)C2(O)C(=O)C3=C(O)c4c(O)cccc4/C(=C\c4cc(F)cc(F)c4)C3C(O)C12. The number of phenols is 1. The topological polar surface area (TPSA) is 182 Å². The molecular formula is C28H24F2N2O8. The third-order valence-electron chi connectivity index (χ3n) is 7.74. The van der Waals surface area contributed by atoms with Gasteiger partial charge in [-0.05, 0) is 49.0 Å². The fourth-order valence-electron chi connectivity index (χ4n) is 6.15. The lowest BCUT2D eigenvalue weighted by Crippen LogP contribution is -2.70. The van der Waals surface area contributed by atoms with Crippen molar-refractivity contribution in [1.29, 1.82) is 0 Å². The first-order valence-electron chi connectivity index (χ1n) is 12.0. The van der Waals surface area contributed by atoms with Crippen molar-refractivity contribution in [2.75, 3.05) is 14.1 Å². The number of nitrogens with zero attached hydrogens (tertiary/aromatic N) is 1. The summed E-state index contributed by atoms with van der Waals surface area (Å²) in [6.07, 6.45) is -0.671. The molecule has 1 amide bonds. The number of phenolic OH excluding ortho intramolecular Hbond substituents is 1. The van der Waals surface area contributed by atoms with Gasteiger partial charge in [0.1, 0.15) is 34.5 Å². The average molecular weight is 555 g/mol. The number of hydrogen-bond donors (Lipinski definition) is 6. The van der Waals surface area contributed by atoms with Gasteiger partial charge in [0.2, 0.25) is 5.78 Å². The molecule has 2 aromatic rings. The molecule has 0 heterocycles. The molecular weight excluding hydrogens is 530 g/mol. The lowest BCUT2D eigenvalue weighted by molar-refractivity contribution is -0.166. The second-order valence-corrected chi connectivity index (χ2v) is 10.2. The Morgan fingerprint density at radius 3 is 2.27 bits per heavy atom. The summed E-state index contributed by atoms with van der Waals surface area (Å²) in [5.41, 5.74) is 0.292. The molecule has 40 heavy (non-hydrogen) atoms. The maximum absolute atomic E-state index is 14.1. The van der Waals surface area contributed by atoms with Crippen LogP contribution in [-0.4, -0.2) is 79.7 Å². The molecule has 0 bridgehead atoms. The number of benzene rings is 2. The molecule has 12 heteroatoms. The van der Waals surface area contributed by atoms with Crippen molar-refractivity contribution in [3.8, 4) is 5.75 Å². The first-order chi connectivity index (χ1) is 18.7. The Bertz CT molecular complexity index is 1590. The number of hydrogen-bond acceptors (Lipinski definition) is 9. The molecule has 0 aromatic heterocycles. The minimum absolute atomic E-state index is 0.0146. The number of halogens is 2. The number of likely N-dealkylation sites (N-methyl/N-ethyl adjacent to an activating group) is 1. The highest BCUT2D eigenvalue weighted by atomic mass is 19.1. The van der Waals surface area contributed by atoms with Crippen molar-refractivity contribution in [3.63, 3.8) is 0 Å². The third-order valence-corrected chi connectivity index (χ3v) is 7.74. The highest BCUT2D eigenvalue weighted by Crippen LogP contribution is 2.56. The van der Waals surface area contributed by atoms with Crippen LogP contribution in [0.3, 0.4) is 0 Å². The number of aliphatic hydroxyl groups excluding tert-OH is 3. The van der Waals surface area contributed by atoms with Crippen LogP contribution in [0.5, 0.6) is 5.75 Å². The molecule has 5 rings (SSSR count). The molecule has 0 radical (unpaired) electrons. The van der Waals surface area contributed by atoms with Gasteiger partial charge < -0.3 is 31.3 Å². The van der Waals surface area contributed by atoms with Gasteiger partial charge >= 0.3 is 0 Å². The van der Waals surface area contributed by atoms with Crippen LogP contribution in [0.4, 0.5) is 8.78 Å². The molecule has 7 N–H and O–H groups in total. The second-order valence-electron chi connectivity index (χ2n) is 10.2. The van der Waals surface area contributed by atoms with E-state index in [0.717, 1.165) is 12.1 Å². The number of amides is 1. The molecule has 0 aliphatic heterocycles. The van der Waals surface area contributed by atoms with E-state index >= 15 is 0 Å². The maximum atomic E-state index is 14.1. The van der Waals surface area contributed by atoms with Crippen molar-refractivity contribution >= 4 is 34.9 Å². The summed E-state index contributed by atoms with van der Waals surface area (Å²) in [5.74, 6) is -11.7. The van der Waals surface area contributed by atoms with Crippen LogP contribution in [0.25, 0.3) is 17.4 Å². The Balaban J connectivity index is 1.87. The highest BCUT2D eigenvalue weighted by molar-refractivity contribution is 6.25. The normalized spacial score (nSPS) is 29.0. The van der Waals surface area contributed by atoms with Gasteiger partial charge in [-0.15, -0.1) is 0 Å². The van der Waals surface area contributed by atoms with E-state index in [0.29, 0.717) is 6.07 Å². The van der Waals surface area contributed by atoms with E-state index in [2.05, 4.69) is 0 Å². The number of rotatable bonds is 3. The fraction of sp³-hybridized carbons (Fsp3) is 0.250. The van der Waals surface area contributed by atoms with E-state index in [4.69, 9.17) is 5.73 Å². The van der Waals surface area contributed by atoms with Crippen LogP contribution in [0, 0.1) is 23.5 Å². The number of Topliss-reactive ketones (excluding diaryl/α,β-unsaturated/α-hetero) is 2.